The first-order chi connectivity index (χ1) is 17.0. The van der Waals surface area contributed by atoms with Crippen molar-refractivity contribution in [3.63, 3.8) is 0 Å². The molecule has 35 heavy (non-hydrogen) atoms. The average molecular weight is 481 g/mol. The van der Waals surface area contributed by atoms with Gasteiger partial charge in [-0.3, -0.25) is 9.69 Å². The average Bonchev–Trinajstić information content (AvgIpc) is 3.62. The van der Waals surface area contributed by atoms with Gasteiger partial charge in [-0.2, -0.15) is 0 Å². The van der Waals surface area contributed by atoms with Gasteiger partial charge < -0.3 is 14.5 Å². The SMILES string of the molecule is COc1ccc2cc(CN(C[C@@H]3CCCO3)[C@@H](c3nnnn3C3CCCC3)C(C)C)c(=O)[nH]c2c1. The predicted molar refractivity (Wildman–Crippen MR) is 133 cm³/mol. The van der Waals surface area contributed by atoms with Gasteiger partial charge in [-0.25, -0.2) is 4.68 Å². The lowest BCUT2D eigenvalue weighted by Crippen LogP contribution is -2.40. The smallest absolute Gasteiger partial charge is 0.252 e. The summed E-state index contributed by atoms with van der Waals surface area (Å²) >= 11 is 0. The molecule has 0 unspecified atom stereocenters. The molecule has 1 N–H and O–H groups in total. The van der Waals surface area contributed by atoms with Crippen molar-refractivity contribution < 1.29 is 9.47 Å². The molecule has 2 atom stereocenters. The molecule has 5 rings (SSSR count). The molecule has 1 saturated carbocycles. The quantitative estimate of drug-likeness (QED) is 0.494. The van der Waals surface area contributed by atoms with E-state index in [2.05, 4.69) is 43.9 Å². The highest BCUT2D eigenvalue weighted by atomic mass is 16.5. The fourth-order valence-corrected chi connectivity index (χ4v) is 5.70. The lowest BCUT2D eigenvalue weighted by atomic mass is 9.99. The zero-order valence-electron chi connectivity index (χ0n) is 20.9. The number of aromatic amines is 1. The number of benzene rings is 1. The number of aromatic nitrogens is 5. The van der Waals surface area contributed by atoms with Gasteiger partial charge in [0.15, 0.2) is 5.82 Å². The van der Waals surface area contributed by atoms with Gasteiger partial charge in [0.1, 0.15) is 5.75 Å². The first-order valence-electron chi connectivity index (χ1n) is 12.9. The number of hydrogen-bond donors (Lipinski definition) is 1. The molecule has 0 amide bonds. The van der Waals surface area contributed by atoms with E-state index < -0.39 is 0 Å². The van der Waals surface area contributed by atoms with Gasteiger partial charge in [-0.05, 0) is 65.6 Å². The van der Waals surface area contributed by atoms with E-state index in [0.717, 1.165) is 66.9 Å². The third-order valence-electron chi connectivity index (χ3n) is 7.44. The van der Waals surface area contributed by atoms with Gasteiger partial charge in [0, 0.05) is 31.3 Å². The Labute approximate surface area is 205 Å². The maximum Gasteiger partial charge on any atom is 0.252 e. The third kappa shape index (κ3) is 5.11. The number of nitrogens with zero attached hydrogens (tertiary/aromatic N) is 5. The molecule has 0 bridgehead atoms. The number of fused-ring (bicyclic) bond motifs is 1. The molecule has 2 aromatic heterocycles. The molecule has 3 aromatic rings. The minimum Gasteiger partial charge on any atom is -0.497 e. The summed E-state index contributed by atoms with van der Waals surface area (Å²) in [6.07, 6.45) is 6.91. The lowest BCUT2D eigenvalue weighted by molar-refractivity contribution is 0.0379. The summed E-state index contributed by atoms with van der Waals surface area (Å²) in [4.78, 5) is 18.6. The van der Waals surface area contributed by atoms with Crippen LogP contribution in [0.25, 0.3) is 10.9 Å². The van der Waals surface area contributed by atoms with Crippen LogP contribution < -0.4 is 10.3 Å². The van der Waals surface area contributed by atoms with Gasteiger partial charge in [0.25, 0.3) is 5.56 Å². The van der Waals surface area contributed by atoms with Crippen molar-refractivity contribution in [2.24, 2.45) is 5.92 Å². The molecule has 0 spiro atoms. The van der Waals surface area contributed by atoms with Crippen LogP contribution in [0.1, 0.15) is 75.8 Å². The molecule has 1 aromatic carbocycles. The second-order valence-corrected chi connectivity index (χ2v) is 10.3. The van der Waals surface area contributed by atoms with Crippen LogP contribution in [-0.2, 0) is 11.3 Å². The Bertz CT molecular complexity index is 1190. The van der Waals surface area contributed by atoms with Crippen LogP contribution in [0.3, 0.4) is 0 Å². The monoisotopic (exact) mass is 480 g/mol. The zero-order valence-corrected chi connectivity index (χ0v) is 20.9. The topological polar surface area (TPSA) is 98.2 Å². The second-order valence-electron chi connectivity index (χ2n) is 10.3. The van der Waals surface area contributed by atoms with E-state index >= 15 is 0 Å². The molecular weight excluding hydrogens is 444 g/mol. The van der Waals surface area contributed by atoms with E-state index in [9.17, 15) is 4.79 Å². The van der Waals surface area contributed by atoms with Crippen molar-refractivity contribution in [2.45, 2.75) is 77.1 Å². The van der Waals surface area contributed by atoms with Crippen molar-refractivity contribution in [2.75, 3.05) is 20.3 Å². The number of methoxy groups -OCH3 is 1. The highest BCUT2D eigenvalue weighted by Gasteiger charge is 2.34. The summed E-state index contributed by atoms with van der Waals surface area (Å²) in [6.45, 7) is 6.44. The van der Waals surface area contributed by atoms with E-state index in [1.54, 1.807) is 7.11 Å². The molecule has 9 nitrogen and oxygen atoms in total. The molecular formula is C26H36N6O3. The minimum absolute atomic E-state index is 0.0271. The van der Waals surface area contributed by atoms with E-state index in [1.807, 2.05) is 24.3 Å². The van der Waals surface area contributed by atoms with Crippen LogP contribution in [0, 0.1) is 5.92 Å². The maximum atomic E-state index is 13.2. The fraction of sp³-hybridized carbons (Fsp3) is 0.615. The molecule has 1 saturated heterocycles. The molecule has 188 valence electrons. The van der Waals surface area contributed by atoms with Gasteiger partial charge in [-0.1, -0.05) is 26.7 Å². The van der Waals surface area contributed by atoms with Crippen molar-refractivity contribution in [1.82, 2.24) is 30.1 Å². The Morgan fingerprint density at radius 2 is 2.03 bits per heavy atom. The van der Waals surface area contributed by atoms with Crippen molar-refractivity contribution >= 4 is 10.9 Å². The summed E-state index contributed by atoms with van der Waals surface area (Å²) in [5, 5.41) is 14.0. The number of hydrogen-bond acceptors (Lipinski definition) is 7. The van der Waals surface area contributed by atoms with E-state index in [1.165, 1.54) is 12.8 Å². The first kappa shape index (κ1) is 23.9. The summed E-state index contributed by atoms with van der Waals surface area (Å²) in [5.41, 5.74) is 1.42. The van der Waals surface area contributed by atoms with Crippen LogP contribution in [0.2, 0.25) is 0 Å². The molecule has 1 aliphatic heterocycles. The first-order valence-corrected chi connectivity index (χ1v) is 12.9. The number of nitrogens with one attached hydrogen (secondary N) is 1. The number of tetrazole rings is 1. The van der Waals surface area contributed by atoms with Gasteiger partial charge in [0.05, 0.1) is 30.8 Å². The largest absolute Gasteiger partial charge is 0.497 e. The Kier molecular flexibility index (Phi) is 7.15. The second kappa shape index (κ2) is 10.5. The van der Waals surface area contributed by atoms with Crippen LogP contribution in [0.4, 0.5) is 0 Å². The lowest BCUT2D eigenvalue weighted by Gasteiger charge is -2.35. The van der Waals surface area contributed by atoms with Crippen molar-refractivity contribution in [3.8, 4) is 5.75 Å². The highest BCUT2D eigenvalue weighted by molar-refractivity contribution is 5.80. The minimum atomic E-state index is -0.0824. The zero-order chi connectivity index (χ0) is 24.4. The molecule has 0 radical (unpaired) electrons. The molecule has 2 fully saturated rings. The normalized spacial score (nSPS) is 19.9. The van der Waals surface area contributed by atoms with Crippen molar-refractivity contribution in [1.29, 1.82) is 0 Å². The van der Waals surface area contributed by atoms with E-state index in [0.29, 0.717) is 12.6 Å². The van der Waals surface area contributed by atoms with Crippen molar-refractivity contribution in [3.05, 3.63) is 46.0 Å². The van der Waals surface area contributed by atoms with Crippen LogP contribution >= 0.6 is 0 Å². The van der Waals surface area contributed by atoms with Crippen LogP contribution in [-0.4, -0.2) is 56.5 Å². The number of ether oxygens (including phenoxy) is 2. The number of H-pyrrole nitrogens is 1. The van der Waals surface area contributed by atoms with Gasteiger partial charge in [-0.15, -0.1) is 5.10 Å². The Balaban J connectivity index is 1.51. The number of rotatable bonds is 9. The summed E-state index contributed by atoms with van der Waals surface area (Å²) in [6, 6.07) is 8.08. The molecule has 3 heterocycles. The molecule has 2 aliphatic rings. The summed E-state index contributed by atoms with van der Waals surface area (Å²) < 4.78 is 13.4. The van der Waals surface area contributed by atoms with Crippen LogP contribution in [0.15, 0.2) is 29.1 Å². The molecule has 9 heteroatoms. The standard InChI is InChI=1S/C26H36N6O3/c1-17(2)24(25-28-29-30-32(25)20-7-4-5-8-20)31(16-22-9-6-12-35-22)15-19-13-18-10-11-21(34-3)14-23(18)27-26(19)33/h10-11,13-14,17,20,22,24H,4-9,12,15-16H2,1-3H3,(H,27,33)/t22-,24+/m0/s1. The van der Waals surface area contributed by atoms with E-state index in [4.69, 9.17) is 9.47 Å². The fourth-order valence-electron chi connectivity index (χ4n) is 5.70. The number of pyridine rings is 1. The Morgan fingerprint density at radius 3 is 2.74 bits per heavy atom. The van der Waals surface area contributed by atoms with Gasteiger partial charge in [0.2, 0.25) is 0 Å². The van der Waals surface area contributed by atoms with E-state index in [-0.39, 0.29) is 23.6 Å². The third-order valence-corrected chi connectivity index (χ3v) is 7.44. The highest BCUT2D eigenvalue weighted by Crippen LogP contribution is 2.35. The predicted octanol–water partition coefficient (Wildman–Crippen LogP) is 4.02. The summed E-state index contributed by atoms with van der Waals surface area (Å²) in [7, 11) is 1.63. The molecule has 1 aliphatic carbocycles. The summed E-state index contributed by atoms with van der Waals surface area (Å²) in [5.74, 6) is 1.87. The maximum absolute atomic E-state index is 13.2. The Hall–Kier alpha value is -2.78. The van der Waals surface area contributed by atoms with Gasteiger partial charge >= 0.3 is 0 Å². The Morgan fingerprint density at radius 1 is 1.20 bits per heavy atom. The van der Waals surface area contributed by atoms with Crippen LogP contribution in [0.5, 0.6) is 5.75 Å².